The second-order valence-corrected chi connectivity index (χ2v) is 6.44. The van der Waals surface area contributed by atoms with Crippen molar-refractivity contribution in [2.75, 3.05) is 0 Å². The minimum Gasteiger partial charge on any atom is -0.452 e. The number of nitrogens with one attached hydrogen (secondary N) is 1. The van der Waals surface area contributed by atoms with Crippen LogP contribution in [0.4, 0.5) is 0 Å². The predicted octanol–water partition coefficient (Wildman–Crippen LogP) is 3.75. The molecule has 0 aliphatic heterocycles. The molecule has 0 aromatic heterocycles. The number of amides is 1. The lowest BCUT2D eigenvalue weighted by molar-refractivity contribution is -0.154. The van der Waals surface area contributed by atoms with Crippen molar-refractivity contribution < 1.29 is 14.3 Å². The van der Waals surface area contributed by atoms with Crippen LogP contribution in [-0.4, -0.2) is 18.0 Å². The van der Waals surface area contributed by atoms with Crippen LogP contribution in [-0.2, 0) is 27.3 Å². The fourth-order valence-electron chi connectivity index (χ4n) is 2.34. The van der Waals surface area contributed by atoms with Gasteiger partial charge >= 0.3 is 5.97 Å². The molecule has 2 rings (SSSR count). The minimum absolute atomic E-state index is 0.142. The van der Waals surface area contributed by atoms with Gasteiger partial charge < -0.3 is 10.1 Å². The molecule has 1 atom stereocenters. The van der Waals surface area contributed by atoms with E-state index in [2.05, 4.69) is 5.32 Å². The molecule has 0 fully saturated rings. The van der Waals surface area contributed by atoms with Crippen molar-refractivity contribution in [3.05, 3.63) is 69.7 Å². The van der Waals surface area contributed by atoms with Gasteiger partial charge in [-0.25, -0.2) is 0 Å². The molecule has 25 heavy (non-hydrogen) atoms. The topological polar surface area (TPSA) is 55.4 Å². The van der Waals surface area contributed by atoms with Gasteiger partial charge in [0.15, 0.2) is 6.10 Å². The maximum Gasteiger partial charge on any atom is 0.311 e. The van der Waals surface area contributed by atoms with E-state index in [4.69, 9.17) is 16.3 Å². The van der Waals surface area contributed by atoms with Crippen LogP contribution in [0.25, 0.3) is 0 Å². The number of carbonyl (C=O) groups excluding carboxylic acids is 2. The maximum atomic E-state index is 12.1. The summed E-state index contributed by atoms with van der Waals surface area (Å²) in [6, 6.07) is 13.1. The van der Waals surface area contributed by atoms with Crippen LogP contribution in [0.1, 0.15) is 29.2 Å². The van der Waals surface area contributed by atoms with Crippen LogP contribution >= 0.6 is 11.6 Å². The monoisotopic (exact) mass is 359 g/mol. The smallest absolute Gasteiger partial charge is 0.311 e. The lowest BCUT2D eigenvalue weighted by atomic mass is 10.0. The van der Waals surface area contributed by atoms with E-state index in [9.17, 15) is 9.59 Å². The predicted molar refractivity (Wildman–Crippen MR) is 98.5 cm³/mol. The number of halogens is 1. The average Bonchev–Trinajstić information content (AvgIpc) is 2.57. The molecule has 4 nitrogen and oxygen atoms in total. The van der Waals surface area contributed by atoms with E-state index < -0.39 is 12.1 Å². The summed E-state index contributed by atoms with van der Waals surface area (Å²) in [5.74, 6) is -0.781. The Kier molecular flexibility index (Phi) is 6.59. The Labute approximate surface area is 153 Å². The largest absolute Gasteiger partial charge is 0.452 e. The maximum absolute atomic E-state index is 12.1. The molecule has 1 amide bonds. The van der Waals surface area contributed by atoms with Crippen molar-refractivity contribution in [1.82, 2.24) is 5.32 Å². The van der Waals surface area contributed by atoms with Gasteiger partial charge in [0.1, 0.15) is 0 Å². The number of benzene rings is 2. The number of ether oxygens (including phenoxy) is 1. The summed E-state index contributed by atoms with van der Waals surface area (Å²) < 4.78 is 5.22. The average molecular weight is 360 g/mol. The Morgan fingerprint density at radius 3 is 2.52 bits per heavy atom. The van der Waals surface area contributed by atoms with Crippen LogP contribution in [0.3, 0.4) is 0 Å². The first-order chi connectivity index (χ1) is 11.9. The highest BCUT2D eigenvalue weighted by atomic mass is 35.5. The van der Waals surface area contributed by atoms with Gasteiger partial charge in [-0.05, 0) is 49.1 Å². The first kappa shape index (κ1) is 19.0. The van der Waals surface area contributed by atoms with Gasteiger partial charge in [-0.1, -0.05) is 48.0 Å². The van der Waals surface area contributed by atoms with Gasteiger partial charge in [0, 0.05) is 11.6 Å². The molecular weight excluding hydrogens is 338 g/mol. The Balaban J connectivity index is 1.84. The summed E-state index contributed by atoms with van der Waals surface area (Å²) in [7, 11) is 0. The second-order valence-electron chi connectivity index (χ2n) is 6.04. The number of aryl methyl sites for hydroxylation is 2. The van der Waals surface area contributed by atoms with Crippen LogP contribution in [0.15, 0.2) is 42.5 Å². The lowest BCUT2D eigenvalue weighted by Crippen LogP contribution is -2.35. The molecule has 0 saturated heterocycles. The van der Waals surface area contributed by atoms with Gasteiger partial charge in [0.05, 0.1) is 6.42 Å². The van der Waals surface area contributed by atoms with Crippen LogP contribution in [0.2, 0.25) is 5.02 Å². The fraction of sp³-hybridized carbons (Fsp3) is 0.300. The number of hydrogen-bond acceptors (Lipinski definition) is 3. The van der Waals surface area contributed by atoms with E-state index in [0.717, 1.165) is 16.7 Å². The molecule has 132 valence electrons. The highest BCUT2D eigenvalue weighted by Crippen LogP contribution is 2.14. The molecule has 0 unspecified atom stereocenters. The zero-order valence-electron chi connectivity index (χ0n) is 14.6. The van der Waals surface area contributed by atoms with Crippen LogP contribution in [0, 0.1) is 13.8 Å². The van der Waals surface area contributed by atoms with Gasteiger partial charge in [-0.3, -0.25) is 9.59 Å². The van der Waals surface area contributed by atoms with E-state index in [1.54, 1.807) is 13.0 Å². The molecule has 2 aromatic rings. The molecule has 0 radical (unpaired) electrons. The Hall–Kier alpha value is -2.33. The Morgan fingerprint density at radius 2 is 1.84 bits per heavy atom. The second kappa shape index (κ2) is 8.67. The zero-order valence-corrected chi connectivity index (χ0v) is 15.4. The molecule has 5 heteroatoms. The third-order valence-corrected chi connectivity index (χ3v) is 4.38. The van der Waals surface area contributed by atoms with Crippen molar-refractivity contribution in [3.63, 3.8) is 0 Å². The van der Waals surface area contributed by atoms with E-state index in [1.165, 1.54) is 5.56 Å². The van der Waals surface area contributed by atoms with Gasteiger partial charge in [0.25, 0.3) is 5.91 Å². The lowest BCUT2D eigenvalue weighted by Gasteiger charge is -2.14. The Bertz CT molecular complexity index is 773. The van der Waals surface area contributed by atoms with E-state index in [-0.39, 0.29) is 18.9 Å². The number of carbonyl (C=O) groups is 2. The molecule has 0 heterocycles. The molecule has 1 N–H and O–H groups in total. The number of esters is 1. The first-order valence-corrected chi connectivity index (χ1v) is 8.51. The third kappa shape index (κ3) is 5.61. The van der Waals surface area contributed by atoms with Crippen LogP contribution in [0.5, 0.6) is 0 Å². The van der Waals surface area contributed by atoms with Gasteiger partial charge in [0.2, 0.25) is 0 Å². The van der Waals surface area contributed by atoms with E-state index in [0.29, 0.717) is 5.02 Å². The Morgan fingerprint density at radius 1 is 1.12 bits per heavy atom. The summed E-state index contributed by atoms with van der Waals surface area (Å²) in [6.45, 7) is 5.86. The molecule has 2 aromatic carbocycles. The van der Waals surface area contributed by atoms with Crippen molar-refractivity contribution in [2.45, 2.75) is 39.8 Å². The molecule has 0 aliphatic carbocycles. The molecule has 0 spiro atoms. The molecule has 0 saturated carbocycles. The number of rotatable bonds is 6. The van der Waals surface area contributed by atoms with E-state index >= 15 is 0 Å². The summed E-state index contributed by atoms with van der Waals surface area (Å²) >= 11 is 6.05. The SMILES string of the molecule is Cc1ccc(CC(=O)O[C@@H](C)C(=O)NCc2ccccc2Cl)cc1C. The quantitative estimate of drug-likeness (QED) is 0.799. The minimum atomic E-state index is -0.860. The summed E-state index contributed by atoms with van der Waals surface area (Å²) in [4.78, 5) is 24.1. The standard InChI is InChI=1S/C20H22ClNO3/c1-13-8-9-16(10-14(13)2)11-19(23)25-15(3)20(24)22-12-17-6-4-5-7-18(17)21/h4-10,15H,11-12H2,1-3H3,(H,22,24)/t15-/m0/s1. The molecular formula is C20H22ClNO3. The summed E-state index contributed by atoms with van der Waals surface area (Å²) in [5, 5.41) is 3.31. The van der Waals surface area contributed by atoms with Crippen LogP contribution < -0.4 is 5.32 Å². The van der Waals surface area contributed by atoms with E-state index in [1.807, 2.05) is 50.2 Å². The summed E-state index contributed by atoms with van der Waals surface area (Å²) in [5.41, 5.74) is 3.98. The van der Waals surface area contributed by atoms with Crippen molar-refractivity contribution in [2.24, 2.45) is 0 Å². The van der Waals surface area contributed by atoms with Crippen molar-refractivity contribution in [1.29, 1.82) is 0 Å². The normalized spacial score (nSPS) is 11.7. The van der Waals surface area contributed by atoms with Gasteiger partial charge in [-0.15, -0.1) is 0 Å². The van der Waals surface area contributed by atoms with Gasteiger partial charge in [-0.2, -0.15) is 0 Å². The summed E-state index contributed by atoms with van der Waals surface area (Å²) in [6.07, 6.45) is -0.718. The third-order valence-electron chi connectivity index (χ3n) is 4.01. The van der Waals surface area contributed by atoms with Crippen molar-refractivity contribution >= 4 is 23.5 Å². The zero-order chi connectivity index (χ0) is 18.4. The first-order valence-electron chi connectivity index (χ1n) is 8.13. The fourth-order valence-corrected chi connectivity index (χ4v) is 2.54. The molecule has 0 bridgehead atoms. The number of hydrogen-bond donors (Lipinski definition) is 1. The highest BCUT2D eigenvalue weighted by Gasteiger charge is 2.18. The highest BCUT2D eigenvalue weighted by molar-refractivity contribution is 6.31. The molecule has 0 aliphatic rings. The van der Waals surface area contributed by atoms with Crippen molar-refractivity contribution in [3.8, 4) is 0 Å².